The molecule has 0 unspecified atom stereocenters. The van der Waals surface area contributed by atoms with Gasteiger partial charge >= 0.3 is 5.97 Å². The van der Waals surface area contributed by atoms with Gasteiger partial charge in [-0.25, -0.2) is 14.8 Å². The van der Waals surface area contributed by atoms with Gasteiger partial charge in [0.25, 0.3) is 0 Å². The molecule has 0 radical (unpaired) electrons. The number of nitrogens with two attached hydrogens (primary N) is 1. The van der Waals surface area contributed by atoms with Gasteiger partial charge in [0.05, 0.1) is 34.2 Å². The van der Waals surface area contributed by atoms with E-state index in [0.29, 0.717) is 22.3 Å². The van der Waals surface area contributed by atoms with Gasteiger partial charge in [0.2, 0.25) is 0 Å². The third-order valence-corrected chi connectivity index (χ3v) is 5.56. The topological polar surface area (TPSA) is 102 Å². The lowest BCUT2D eigenvalue weighted by atomic mass is 10.0. The Balaban J connectivity index is 1.44. The van der Waals surface area contributed by atoms with E-state index in [1.54, 1.807) is 48.7 Å². The molecule has 5 rings (SSSR count). The molecule has 1 heterocycles. The minimum absolute atomic E-state index is 0.0778. The zero-order valence-corrected chi connectivity index (χ0v) is 20.4. The lowest BCUT2D eigenvalue weighted by Gasteiger charge is -2.11. The van der Waals surface area contributed by atoms with Crippen LogP contribution in [0.5, 0.6) is 5.75 Å². The number of rotatable bonds is 6. The van der Waals surface area contributed by atoms with E-state index in [-0.39, 0.29) is 5.11 Å². The minimum atomic E-state index is -0.492. The molecule has 8 heteroatoms. The Morgan fingerprint density at radius 3 is 2.00 bits per heavy atom. The zero-order chi connectivity index (χ0) is 25.6. The quantitative estimate of drug-likeness (QED) is 0.106. The van der Waals surface area contributed by atoms with E-state index >= 15 is 0 Å². The fraction of sp³-hybridized carbons (Fsp3) is 0. The van der Waals surface area contributed by atoms with Gasteiger partial charge in [0, 0.05) is 11.1 Å². The average molecular weight is 504 g/mol. The first-order valence-corrected chi connectivity index (χ1v) is 11.8. The average Bonchev–Trinajstić information content (AvgIpc) is 2.93. The molecule has 7 nitrogen and oxygen atoms in total. The number of nitrogens with one attached hydrogen (secondary N) is 1. The molecule has 4 aromatic carbocycles. The van der Waals surface area contributed by atoms with Gasteiger partial charge in [-0.2, -0.15) is 5.10 Å². The summed E-state index contributed by atoms with van der Waals surface area (Å²) < 4.78 is 5.57. The zero-order valence-electron chi connectivity index (χ0n) is 19.5. The summed E-state index contributed by atoms with van der Waals surface area (Å²) in [6.45, 7) is 0. The molecule has 0 aliphatic rings. The highest BCUT2D eigenvalue weighted by Crippen LogP contribution is 2.31. The van der Waals surface area contributed by atoms with Crippen molar-refractivity contribution in [2.75, 3.05) is 0 Å². The van der Waals surface area contributed by atoms with Crippen molar-refractivity contribution in [1.29, 1.82) is 0 Å². The molecule has 37 heavy (non-hydrogen) atoms. The Morgan fingerprint density at radius 2 is 1.41 bits per heavy atom. The van der Waals surface area contributed by atoms with Crippen molar-refractivity contribution in [3.8, 4) is 28.3 Å². The minimum Gasteiger partial charge on any atom is -0.423 e. The Hall–Kier alpha value is -4.95. The molecule has 180 valence electrons. The van der Waals surface area contributed by atoms with Gasteiger partial charge in [-0.05, 0) is 60.2 Å². The first kappa shape index (κ1) is 23.8. The van der Waals surface area contributed by atoms with Crippen LogP contribution < -0.4 is 15.9 Å². The monoisotopic (exact) mass is 503 g/mol. The second-order valence-electron chi connectivity index (χ2n) is 8.05. The Bertz CT molecular complexity index is 1610. The summed E-state index contributed by atoms with van der Waals surface area (Å²) in [4.78, 5) is 22.7. The Labute approximate surface area is 218 Å². The summed E-state index contributed by atoms with van der Waals surface area (Å²) in [6, 6.07) is 31.9. The van der Waals surface area contributed by atoms with Gasteiger partial charge in [-0.1, -0.05) is 60.7 Å². The van der Waals surface area contributed by atoms with Crippen LogP contribution >= 0.6 is 12.2 Å². The molecule has 0 fully saturated rings. The molecule has 3 N–H and O–H groups in total. The first-order chi connectivity index (χ1) is 18.1. The van der Waals surface area contributed by atoms with E-state index in [1.165, 1.54) is 0 Å². The number of aromatic nitrogens is 2. The van der Waals surface area contributed by atoms with Crippen molar-refractivity contribution in [1.82, 2.24) is 15.4 Å². The second kappa shape index (κ2) is 10.8. The fourth-order valence-corrected chi connectivity index (χ4v) is 3.79. The number of esters is 1. The molecule has 0 bridgehead atoms. The lowest BCUT2D eigenvalue weighted by Crippen LogP contribution is -2.23. The molecule has 0 aliphatic carbocycles. The molecule has 5 aromatic rings. The van der Waals surface area contributed by atoms with Crippen LogP contribution in [0.25, 0.3) is 33.5 Å². The van der Waals surface area contributed by atoms with E-state index in [9.17, 15) is 4.79 Å². The van der Waals surface area contributed by atoms with Crippen LogP contribution in [-0.4, -0.2) is 27.3 Å². The highest BCUT2D eigenvalue weighted by molar-refractivity contribution is 7.80. The van der Waals surface area contributed by atoms with Crippen LogP contribution in [0.15, 0.2) is 108 Å². The fourth-order valence-electron chi connectivity index (χ4n) is 3.73. The number of fused-ring (bicyclic) bond motifs is 1. The summed E-state index contributed by atoms with van der Waals surface area (Å²) >= 11 is 4.70. The SMILES string of the molecule is NC(=S)N/N=C\c1ccc(OC(=O)c2ccc3nc(-c4ccccc4)c(-c4ccccc4)nc3c2)cc1. The van der Waals surface area contributed by atoms with Crippen molar-refractivity contribution in [2.24, 2.45) is 10.8 Å². The van der Waals surface area contributed by atoms with Crippen LogP contribution in [0, 0.1) is 0 Å². The predicted octanol–water partition coefficient (Wildman–Crippen LogP) is 5.35. The lowest BCUT2D eigenvalue weighted by molar-refractivity contribution is 0.0735. The maximum atomic E-state index is 12.9. The van der Waals surface area contributed by atoms with Crippen LogP contribution in [0.4, 0.5) is 0 Å². The Kier molecular flexibility index (Phi) is 6.91. The van der Waals surface area contributed by atoms with Crippen LogP contribution in [-0.2, 0) is 0 Å². The Morgan fingerprint density at radius 1 is 0.811 bits per heavy atom. The smallest absolute Gasteiger partial charge is 0.343 e. The van der Waals surface area contributed by atoms with Crippen molar-refractivity contribution in [2.45, 2.75) is 0 Å². The molecule has 0 atom stereocenters. The van der Waals surface area contributed by atoms with Crippen LogP contribution in [0.2, 0.25) is 0 Å². The number of carbonyl (C=O) groups is 1. The molecule has 0 aliphatic heterocycles. The van der Waals surface area contributed by atoms with Gasteiger partial charge in [-0.3, -0.25) is 5.43 Å². The molecule has 0 amide bonds. The van der Waals surface area contributed by atoms with E-state index in [1.807, 2.05) is 60.7 Å². The van der Waals surface area contributed by atoms with Gasteiger partial charge in [0.15, 0.2) is 5.11 Å². The predicted molar refractivity (Wildman–Crippen MR) is 149 cm³/mol. The number of ether oxygens (including phenoxy) is 1. The number of nitrogens with zero attached hydrogens (tertiary/aromatic N) is 3. The summed E-state index contributed by atoms with van der Waals surface area (Å²) in [6.07, 6.45) is 1.56. The van der Waals surface area contributed by atoms with E-state index in [2.05, 4.69) is 10.5 Å². The number of hydrogen-bond acceptors (Lipinski definition) is 6. The third kappa shape index (κ3) is 5.66. The number of carbonyl (C=O) groups excluding carboxylic acids is 1. The normalized spacial score (nSPS) is 10.9. The highest BCUT2D eigenvalue weighted by Gasteiger charge is 2.15. The highest BCUT2D eigenvalue weighted by atomic mass is 32.1. The summed E-state index contributed by atoms with van der Waals surface area (Å²) in [5.74, 6) is -0.0892. The van der Waals surface area contributed by atoms with E-state index in [4.69, 9.17) is 32.7 Å². The molecule has 0 spiro atoms. The van der Waals surface area contributed by atoms with E-state index in [0.717, 1.165) is 28.1 Å². The number of thiocarbonyl (C=S) groups is 1. The molecular formula is C29H21N5O2S. The molecule has 0 saturated carbocycles. The second-order valence-corrected chi connectivity index (χ2v) is 8.49. The van der Waals surface area contributed by atoms with Crippen molar-refractivity contribution in [3.63, 3.8) is 0 Å². The van der Waals surface area contributed by atoms with Gasteiger partial charge < -0.3 is 10.5 Å². The van der Waals surface area contributed by atoms with Crippen molar-refractivity contribution < 1.29 is 9.53 Å². The molecule has 1 aromatic heterocycles. The molecular weight excluding hydrogens is 482 g/mol. The summed E-state index contributed by atoms with van der Waals surface area (Å²) in [5.41, 5.74) is 13.7. The van der Waals surface area contributed by atoms with Crippen molar-refractivity contribution in [3.05, 3.63) is 114 Å². The summed E-state index contributed by atoms with van der Waals surface area (Å²) in [7, 11) is 0. The van der Waals surface area contributed by atoms with Gasteiger partial charge in [0.1, 0.15) is 5.75 Å². The number of hydrogen-bond donors (Lipinski definition) is 2. The van der Waals surface area contributed by atoms with Crippen molar-refractivity contribution >= 4 is 40.5 Å². The maximum absolute atomic E-state index is 12.9. The molecule has 0 saturated heterocycles. The summed E-state index contributed by atoms with van der Waals surface area (Å²) in [5, 5.41) is 3.98. The number of hydrazone groups is 1. The number of benzene rings is 4. The van der Waals surface area contributed by atoms with Crippen LogP contribution in [0.1, 0.15) is 15.9 Å². The third-order valence-electron chi connectivity index (χ3n) is 5.47. The maximum Gasteiger partial charge on any atom is 0.343 e. The largest absolute Gasteiger partial charge is 0.423 e. The van der Waals surface area contributed by atoms with Crippen LogP contribution in [0.3, 0.4) is 0 Å². The first-order valence-electron chi connectivity index (χ1n) is 11.4. The standard InChI is InChI=1S/C29H21N5O2S/c30-29(37)34-31-18-19-11-14-23(15-12-19)36-28(35)22-13-16-24-25(17-22)33-27(21-9-5-2-6-10-21)26(32-24)20-7-3-1-4-8-20/h1-18H,(H3,30,34,37)/b31-18-. The van der Waals surface area contributed by atoms with E-state index < -0.39 is 5.97 Å². The van der Waals surface area contributed by atoms with Gasteiger partial charge in [-0.15, -0.1) is 0 Å².